The van der Waals surface area contributed by atoms with Crippen molar-refractivity contribution in [2.45, 2.75) is 26.3 Å². The van der Waals surface area contributed by atoms with E-state index in [-0.39, 0.29) is 17.3 Å². The zero-order chi connectivity index (χ0) is 15.2. The molecule has 2 aromatic rings. The number of halogens is 1. The zero-order valence-electron chi connectivity index (χ0n) is 11.9. The average molecular weight is 288 g/mol. The first kappa shape index (κ1) is 14.9. The fraction of sp³-hybridized carbons (Fsp3) is 0.267. The number of nitrogens with zero attached hydrogens (tertiary/aromatic N) is 2. The second-order valence-corrected chi connectivity index (χ2v) is 4.68. The van der Waals surface area contributed by atoms with Gasteiger partial charge in [0.2, 0.25) is 5.95 Å². The first-order valence-electron chi connectivity index (χ1n) is 6.74. The molecular formula is C15H17FN4O. The minimum Gasteiger partial charge on any atom is -0.352 e. The molecule has 0 saturated carbocycles. The molecule has 1 amide bonds. The summed E-state index contributed by atoms with van der Waals surface area (Å²) in [6.45, 7) is 4.07. The Labute approximate surface area is 122 Å². The Balaban J connectivity index is 2.05. The highest BCUT2D eigenvalue weighted by molar-refractivity contribution is 6.03. The normalized spacial score (nSPS) is 11.8. The van der Waals surface area contributed by atoms with E-state index in [1.165, 1.54) is 24.5 Å². The Kier molecular flexibility index (Phi) is 4.81. The van der Waals surface area contributed by atoms with E-state index in [0.29, 0.717) is 5.95 Å². The third-order valence-electron chi connectivity index (χ3n) is 3.02. The van der Waals surface area contributed by atoms with Crippen molar-refractivity contribution in [3.63, 3.8) is 0 Å². The predicted octanol–water partition coefficient (Wildman–Crippen LogP) is 3.08. The van der Waals surface area contributed by atoms with Gasteiger partial charge in [-0.3, -0.25) is 4.79 Å². The fourth-order valence-electron chi connectivity index (χ4n) is 1.60. The molecule has 1 atom stereocenters. The molecule has 1 unspecified atom stereocenters. The molecular weight excluding hydrogens is 271 g/mol. The van der Waals surface area contributed by atoms with Crippen LogP contribution in [0.1, 0.15) is 30.6 Å². The van der Waals surface area contributed by atoms with Crippen LogP contribution in [0.15, 0.2) is 36.7 Å². The van der Waals surface area contributed by atoms with Gasteiger partial charge in [0, 0.05) is 18.4 Å². The maximum absolute atomic E-state index is 13.5. The summed E-state index contributed by atoms with van der Waals surface area (Å²) < 4.78 is 13.5. The van der Waals surface area contributed by atoms with Gasteiger partial charge < -0.3 is 10.6 Å². The van der Waals surface area contributed by atoms with Crippen molar-refractivity contribution in [2.75, 3.05) is 10.6 Å². The van der Waals surface area contributed by atoms with Crippen molar-refractivity contribution in [3.05, 3.63) is 48.0 Å². The predicted molar refractivity (Wildman–Crippen MR) is 79.8 cm³/mol. The van der Waals surface area contributed by atoms with Gasteiger partial charge in [-0.2, -0.15) is 0 Å². The largest absolute Gasteiger partial charge is 0.352 e. The standard InChI is InChI=1S/C15H17FN4O/c1-3-10(2)19-15-17-8-11(9-18-15)14(21)20-13-7-5-4-6-12(13)16/h4-10H,3H2,1-2H3,(H,20,21)(H,17,18,19). The summed E-state index contributed by atoms with van der Waals surface area (Å²) in [4.78, 5) is 20.1. The third-order valence-corrected chi connectivity index (χ3v) is 3.02. The van der Waals surface area contributed by atoms with Gasteiger partial charge in [-0.15, -0.1) is 0 Å². The van der Waals surface area contributed by atoms with E-state index in [1.807, 2.05) is 13.8 Å². The lowest BCUT2D eigenvalue weighted by Gasteiger charge is -2.11. The molecule has 1 aromatic heterocycles. The highest BCUT2D eigenvalue weighted by Crippen LogP contribution is 2.14. The first-order valence-corrected chi connectivity index (χ1v) is 6.74. The van der Waals surface area contributed by atoms with E-state index in [1.54, 1.807) is 12.1 Å². The van der Waals surface area contributed by atoms with Crippen molar-refractivity contribution in [1.29, 1.82) is 0 Å². The Hall–Kier alpha value is -2.50. The molecule has 21 heavy (non-hydrogen) atoms. The van der Waals surface area contributed by atoms with Crippen LogP contribution >= 0.6 is 0 Å². The topological polar surface area (TPSA) is 66.9 Å². The van der Waals surface area contributed by atoms with Gasteiger partial charge in [-0.05, 0) is 25.5 Å². The van der Waals surface area contributed by atoms with E-state index in [0.717, 1.165) is 6.42 Å². The molecule has 110 valence electrons. The van der Waals surface area contributed by atoms with E-state index >= 15 is 0 Å². The van der Waals surface area contributed by atoms with Crippen LogP contribution in [0.2, 0.25) is 0 Å². The van der Waals surface area contributed by atoms with Gasteiger partial charge in [0.1, 0.15) is 5.82 Å². The molecule has 1 aromatic carbocycles. The number of amides is 1. The van der Waals surface area contributed by atoms with Gasteiger partial charge in [0.15, 0.2) is 0 Å². The summed E-state index contributed by atoms with van der Waals surface area (Å²) in [6, 6.07) is 6.24. The fourth-order valence-corrected chi connectivity index (χ4v) is 1.60. The summed E-state index contributed by atoms with van der Waals surface area (Å²) in [5.41, 5.74) is 0.400. The molecule has 0 bridgehead atoms. The number of aromatic nitrogens is 2. The Bertz CT molecular complexity index is 615. The lowest BCUT2D eigenvalue weighted by molar-refractivity contribution is 0.102. The van der Waals surface area contributed by atoms with Gasteiger partial charge >= 0.3 is 0 Å². The van der Waals surface area contributed by atoms with Crippen molar-refractivity contribution in [2.24, 2.45) is 0 Å². The number of hydrogen-bond donors (Lipinski definition) is 2. The number of benzene rings is 1. The van der Waals surface area contributed by atoms with E-state index in [9.17, 15) is 9.18 Å². The van der Waals surface area contributed by atoms with Crippen LogP contribution in [-0.4, -0.2) is 21.9 Å². The Morgan fingerprint density at radius 2 is 1.95 bits per heavy atom. The molecule has 5 nitrogen and oxygen atoms in total. The molecule has 0 aliphatic carbocycles. The minimum atomic E-state index is -0.484. The first-order chi connectivity index (χ1) is 10.1. The molecule has 2 N–H and O–H groups in total. The van der Waals surface area contributed by atoms with Crippen molar-refractivity contribution < 1.29 is 9.18 Å². The number of nitrogens with one attached hydrogen (secondary N) is 2. The Morgan fingerprint density at radius 3 is 2.57 bits per heavy atom. The summed E-state index contributed by atoms with van der Waals surface area (Å²) in [7, 11) is 0. The molecule has 0 spiro atoms. The van der Waals surface area contributed by atoms with Crippen molar-refractivity contribution >= 4 is 17.5 Å². The highest BCUT2D eigenvalue weighted by atomic mass is 19.1. The van der Waals surface area contributed by atoms with Gasteiger partial charge in [-0.25, -0.2) is 14.4 Å². The lowest BCUT2D eigenvalue weighted by Crippen LogP contribution is -2.17. The number of rotatable bonds is 5. The number of carbonyl (C=O) groups excluding carboxylic acids is 1. The molecule has 6 heteroatoms. The second-order valence-electron chi connectivity index (χ2n) is 4.68. The van der Waals surface area contributed by atoms with Gasteiger partial charge in [0.25, 0.3) is 5.91 Å². The van der Waals surface area contributed by atoms with Gasteiger partial charge in [-0.1, -0.05) is 19.1 Å². The molecule has 0 aliphatic heterocycles. The highest BCUT2D eigenvalue weighted by Gasteiger charge is 2.10. The van der Waals surface area contributed by atoms with Crippen molar-refractivity contribution in [3.8, 4) is 0 Å². The number of anilines is 2. The monoisotopic (exact) mass is 288 g/mol. The number of hydrogen-bond acceptors (Lipinski definition) is 4. The van der Waals surface area contributed by atoms with Gasteiger partial charge in [0.05, 0.1) is 11.3 Å². The van der Waals surface area contributed by atoms with E-state index < -0.39 is 11.7 Å². The van der Waals surface area contributed by atoms with Crippen LogP contribution in [0.3, 0.4) is 0 Å². The summed E-state index contributed by atoms with van der Waals surface area (Å²) in [5, 5.41) is 5.59. The third kappa shape index (κ3) is 3.98. The lowest BCUT2D eigenvalue weighted by atomic mass is 10.2. The van der Waals surface area contributed by atoms with Crippen LogP contribution in [0.5, 0.6) is 0 Å². The maximum atomic E-state index is 13.5. The van der Waals surface area contributed by atoms with E-state index in [4.69, 9.17) is 0 Å². The zero-order valence-corrected chi connectivity index (χ0v) is 11.9. The maximum Gasteiger partial charge on any atom is 0.258 e. The van der Waals surface area contributed by atoms with Crippen LogP contribution in [-0.2, 0) is 0 Å². The Morgan fingerprint density at radius 1 is 1.29 bits per heavy atom. The molecule has 2 rings (SSSR count). The van der Waals surface area contributed by atoms with Crippen LogP contribution in [0, 0.1) is 5.82 Å². The summed E-state index contributed by atoms with van der Waals surface area (Å²) >= 11 is 0. The smallest absolute Gasteiger partial charge is 0.258 e. The molecule has 0 radical (unpaired) electrons. The minimum absolute atomic E-state index is 0.129. The average Bonchev–Trinajstić information content (AvgIpc) is 2.50. The molecule has 1 heterocycles. The number of para-hydroxylation sites is 1. The van der Waals surface area contributed by atoms with Crippen LogP contribution in [0.4, 0.5) is 16.0 Å². The molecule has 0 aliphatic rings. The van der Waals surface area contributed by atoms with E-state index in [2.05, 4.69) is 20.6 Å². The van der Waals surface area contributed by atoms with Crippen LogP contribution < -0.4 is 10.6 Å². The second kappa shape index (κ2) is 6.78. The molecule has 0 saturated heterocycles. The van der Waals surface area contributed by atoms with Crippen molar-refractivity contribution in [1.82, 2.24) is 9.97 Å². The summed E-state index contributed by atoms with van der Waals surface area (Å²) in [6.07, 6.45) is 3.76. The quantitative estimate of drug-likeness (QED) is 0.887. The molecule has 0 fully saturated rings. The SMILES string of the molecule is CCC(C)Nc1ncc(C(=O)Nc2ccccc2F)cn1. The summed E-state index contributed by atoms with van der Waals surface area (Å²) in [5.74, 6) is -0.469. The number of carbonyl (C=O) groups is 1. The van der Waals surface area contributed by atoms with Crippen LogP contribution in [0.25, 0.3) is 0 Å².